The summed E-state index contributed by atoms with van der Waals surface area (Å²) in [6.45, 7) is 0.145. The number of cyclic esters (lactones) is 1. The second-order valence-corrected chi connectivity index (χ2v) is 1.80. The van der Waals surface area contributed by atoms with E-state index in [0.29, 0.717) is 0 Å². The maximum atomic E-state index is 10.4. The van der Waals surface area contributed by atoms with E-state index in [0.717, 1.165) is 0 Å². The van der Waals surface area contributed by atoms with Gasteiger partial charge in [-0.25, -0.2) is 4.79 Å². The molecular formula is C5H6O4. The number of hydrogen-bond acceptors (Lipinski definition) is 4. The molecule has 1 atom stereocenters. The summed E-state index contributed by atoms with van der Waals surface area (Å²) in [6.07, 6.45) is -0.906. The highest BCUT2D eigenvalue weighted by Gasteiger charge is 2.28. The van der Waals surface area contributed by atoms with Crippen LogP contribution < -0.4 is 0 Å². The van der Waals surface area contributed by atoms with Crippen LogP contribution in [0.5, 0.6) is 0 Å². The van der Waals surface area contributed by atoms with Gasteiger partial charge in [-0.05, 0) is 0 Å². The largest absolute Gasteiger partial charge is 0.460 e. The van der Waals surface area contributed by atoms with E-state index in [1.54, 1.807) is 0 Å². The van der Waals surface area contributed by atoms with Gasteiger partial charge in [0, 0.05) is 6.42 Å². The minimum absolute atomic E-state index is 0.145. The van der Waals surface area contributed by atoms with Gasteiger partial charge in [0.2, 0.25) is 0 Å². The summed E-state index contributed by atoms with van der Waals surface area (Å²) >= 11 is 0. The van der Waals surface area contributed by atoms with Crippen molar-refractivity contribution in [2.45, 2.75) is 12.5 Å². The Labute approximate surface area is 51.4 Å². The van der Waals surface area contributed by atoms with Crippen molar-refractivity contribution in [2.24, 2.45) is 0 Å². The Morgan fingerprint density at radius 1 is 1.56 bits per heavy atom. The van der Waals surface area contributed by atoms with Gasteiger partial charge in [-0.1, -0.05) is 0 Å². The summed E-state index contributed by atoms with van der Waals surface area (Å²) in [7, 11) is 0. The normalized spacial score (nSPS) is 27.9. The lowest BCUT2D eigenvalue weighted by atomic mass is 10.1. The molecule has 0 aromatic heterocycles. The summed E-state index contributed by atoms with van der Waals surface area (Å²) in [5.41, 5.74) is 0. The molecule has 50 valence electrons. The van der Waals surface area contributed by atoms with Crippen LogP contribution >= 0.6 is 0 Å². The van der Waals surface area contributed by atoms with Crippen molar-refractivity contribution in [1.29, 1.82) is 0 Å². The topological polar surface area (TPSA) is 63.6 Å². The molecule has 0 aromatic carbocycles. The van der Waals surface area contributed by atoms with E-state index in [9.17, 15) is 9.59 Å². The molecule has 0 spiro atoms. The van der Waals surface area contributed by atoms with E-state index < -0.39 is 17.9 Å². The lowest BCUT2D eigenvalue weighted by Crippen LogP contribution is -2.36. The number of esters is 1. The van der Waals surface area contributed by atoms with Crippen molar-refractivity contribution in [3.05, 3.63) is 0 Å². The van der Waals surface area contributed by atoms with E-state index in [4.69, 9.17) is 5.11 Å². The predicted octanol–water partition coefficient (Wildman–Crippen LogP) is -1.14. The summed E-state index contributed by atoms with van der Waals surface area (Å²) in [4.78, 5) is 20.7. The number of rotatable bonds is 0. The van der Waals surface area contributed by atoms with Gasteiger partial charge in [0.1, 0.15) is 6.10 Å². The monoisotopic (exact) mass is 130 g/mol. The molecule has 0 aromatic rings. The predicted molar refractivity (Wildman–Crippen MR) is 26.6 cm³/mol. The molecule has 1 N–H and O–H groups in total. The van der Waals surface area contributed by atoms with Crippen LogP contribution in [0.1, 0.15) is 6.42 Å². The first kappa shape index (κ1) is 6.22. The molecule has 4 heteroatoms. The van der Waals surface area contributed by atoms with Crippen LogP contribution in [0.3, 0.4) is 0 Å². The van der Waals surface area contributed by atoms with E-state index in [2.05, 4.69) is 4.74 Å². The SMILES string of the molecule is O=C1OCCC(O)C1=O. The standard InChI is InChI=1S/C5H6O4/c6-3-1-2-9-5(8)4(3)7/h3,6H,1-2H2. The minimum atomic E-state index is -1.13. The summed E-state index contributed by atoms with van der Waals surface area (Å²) in [6, 6.07) is 0. The Bertz CT molecular complexity index is 151. The molecule has 1 aliphatic heterocycles. The fraction of sp³-hybridized carbons (Fsp3) is 0.600. The molecule has 0 amide bonds. The van der Waals surface area contributed by atoms with Gasteiger partial charge in [-0.3, -0.25) is 4.79 Å². The average Bonchev–Trinajstić information content (AvgIpc) is 1.83. The average molecular weight is 130 g/mol. The highest BCUT2D eigenvalue weighted by atomic mass is 16.5. The number of ketones is 1. The van der Waals surface area contributed by atoms with Crippen LogP contribution in [0.2, 0.25) is 0 Å². The minimum Gasteiger partial charge on any atom is -0.460 e. The zero-order valence-corrected chi connectivity index (χ0v) is 4.66. The van der Waals surface area contributed by atoms with Gasteiger partial charge in [-0.2, -0.15) is 0 Å². The second kappa shape index (κ2) is 2.14. The zero-order chi connectivity index (χ0) is 6.85. The third kappa shape index (κ3) is 1.08. The maximum Gasteiger partial charge on any atom is 0.377 e. The number of ether oxygens (including phenoxy) is 1. The maximum absolute atomic E-state index is 10.4. The first-order valence-electron chi connectivity index (χ1n) is 2.61. The molecule has 9 heavy (non-hydrogen) atoms. The zero-order valence-electron chi connectivity index (χ0n) is 4.66. The van der Waals surface area contributed by atoms with Gasteiger partial charge in [-0.15, -0.1) is 0 Å². The molecule has 0 saturated carbocycles. The molecule has 4 nitrogen and oxygen atoms in total. The van der Waals surface area contributed by atoms with Crippen molar-refractivity contribution < 1.29 is 19.4 Å². The number of Topliss-reactive ketones (excluding diaryl/α,β-unsaturated/α-hetero) is 1. The summed E-state index contributed by atoms with van der Waals surface area (Å²) in [5, 5.41) is 8.70. The molecule has 1 unspecified atom stereocenters. The lowest BCUT2D eigenvalue weighted by molar-refractivity contribution is -0.163. The van der Waals surface area contributed by atoms with Gasteiger partial charge < -0.3 is 9.84 Å². The van der Waals surface area contributed by atoms with Crippen LogP contribution in [0.15, 0.2) is 0 Å². The molecular weight excluding hydrogens is 124 g/mol. The van der Waals surface area contributed by atoms with Crippen molar-refractivity contribution in [3.63, 3.8) is 0 Å². The van der Waals surface area contributed by atoms with Crippen LogP contribution in [-0.4, -0.2) is 29.6 Å². The van der Waals surface area contributed by atoms with Crippen LogP contribution in [0, 0.1) is 0 Å². The quantitative estimate of drug-likeness (QED) is 0.332. The van der Waals surface area contributed by atoms with E-state index in [-0.39, 0.29) is 13.0 Å². The van der Waals surface area contributed by atoms with E-state index in [1.807, 2.05) is 0 Å². The Morgan fingerprint density at radius 3 is 2.67 bits per heavy atom. The third-order valence-corrected chi connectivity index (χ3v) is 1.13. The van der Waals surface area contributed by atoms with Crippen LogP contribution in [0.4, 0.5) is 0 Å². The fourth-order valence-electron chi connectivity index (χ4n) is 0.602. The highest BCUT2D eigenvalue weighted by Crippen LogP contribution is 2.02. The second-order valence-electron chi connectivity index (χ2n) is 1.80. The first-order chi connectivity index (χ1) is 4.22. The lowest BCUT2D eigenvalue weighted by Gasteiger charge is -2.13. The van der Waals surface area contributed by atoms with Crippen molar-refractivity contribution in [1.82, 2.24) is 0 Å². The molecule has 1 heterocycles. The van der Waals surface area contributed by atoms with Gasteiger partial charge in [0.15, 0.2) is 0 Å². The Morgan fingerprint density at radius 2 is 2.22 bits per heavy atom. The molecule has 1 rings (SSSR count). The number of hydrogen-bond donors (Lipinski definition) is 1. The first-order valence-corrected chi connectivity index (χ1v) is 2.61. The molecule has 1 saturated heterocycles. The third-order valence-electron chi connectivity index (χ3n) is 1.13. The Balaban J connectivity index is 2.62. The Kier molecular flexibility index (Phi) is 1.48. The van der Waals surface area contributed by atoms with Crippen molar-refractivity contribution >= 4 is 11.8 Å². The smallest absolute Gasteiger partial charge is 0.377 e. The summed E-state index contributed by atoms with van der Waals surface area (Å²) in [5.74, 6) is -1.75. The number of aliphatic hydroxyl groups excluding tert-OH is 1. The van der Waals surface area contributed by atoms with Gasteiger partial charge >= 0.3 is 5.97 Å². The highest BCUT2D eigenvalue weighted by molar-refractivity contribution is 6.35. The van der Waals surface area contributed by atoms with E-state index in [1.165, 1.54) is 0 Å². The van der Waals surface area contributed by atoms with Crippen molar-refractivity contribution in [3.8, 4) is 0 Å². The number of carbonyl (C=O) groups excluding carboxylic acids is 2. The van der Waals surface area contributed by atoms with E-state index >= 15 is 0 Å². The molecule has 0 radical (unpaired) electrons. The Hall–Kier alpha value is -0.900. The number of carbonyl (C=O) groups is 2. The van der Waals surface area contributed by atoms with Crippen LogP contribution in [0.25, 0.3) is 0 Å². The van der Waals surface area contributed by atoms with Gasteiger partial charge in [0.25, 0.3) is 5.78 Å². The summed E-state index contributed by atoms with van der Waals surface area (Å²) < 4.78 is 4.31. The van der Waals surface area contributed by atoms with Gasteiger partial charge in [0.05, 0.1) is 6.61 Å². The molecule has 1 aliphatic rings. The molecule has 1 fully saturated rings. The molecule has 0 bridgehead atoms. The fourth-order valence-corrected chi connectivity index (χ4v) is 0.602. The van der Waals surface area contributed by atoms with Crippen molar-refractivity contribution in [2.75, 3.05) is 6.61 Å². The molecule has 0 aliphatic carbocycles. The number of aliphatic hydroxyl groups is 1. The van der Waals surface area contributed by atoms with Crippen LogP contribution in [-0.2, 0) is 14.3 Å².